The second-order valence-electron chi connectivity index (χ2n) is 4.88. The Balaban J connectivity index is 2.22. The van der Waals surface area contributed by atoms with Gasteiger partial charge in [0.15, 0.2) is 5.82 Å². The van der Waals surface area contributed by atoms with Crippen LogP contribution in [-0.4, -0.2) is 45.8 Å². The van der Waals surface area contributed by atoms with E-state index in [9.17, 15) is 23.5 Å². The van der Waals surface area contributed by atoms with Crippen molar-refractivity contribution in [3.8, 4) is 0 Å². The highest BCUT2D eigenvalue weighted by Gasteiger charge is 2.39. The zero-order valence-corrected chi connectivity index (χ0v) is 11.1. The van der Waals surface area contributed by atoms with E-state index in [2.05, 4.69) is 0 Å². The lowest BCUT2D eigenvalue weighted by Crippen LogP contribution is -2.43. The summed E-state index contributed by atoms with van der Waals surface area (Å²) in [5, 5.41) is 20.5. The molecule has 1 heterocycles. The van der Waals surface area contributed by atoms with Gasteiger partial charge in [-0.25, -0.2) is 18.4 Å². The molecule has 114 valence electrons. The number of aliphatic hydroxyl groups excluding tert-OH is 1. The first-order chi connectivity index (χ1) is 9.81. The molecule has 0 bridgehead atoms. The maximum absolute atomic E-state index is 13.8. The predicted molar refractivity (Wildman–Crippen MR) is 68.9 cm³/mol. The number of carbonyl (C=O) groups excluding carboxylic acids is 1. The molecule has 0 aliphatic carbocycles. The number of benzene rings is 1. The van der Waals surface area contributed by atoms with Crippen LogP contribution in [0.5, 0.6) is 0 Å². The molecular formula is C13H14F2N2O4. The second-order valence-corrected chi connectivity index (χ2v) is 4.88. The molecule has 1 fully saturated rings. The summed E-state index contributed by atoms with van der Waals surface area (Å²) in [7, 11) is 0. The Kier molecular flexibility index (Phi) is 4.08. The Morgan fingerprint density at radius 2 is 2.05 bits per heavy atom. The standard InChI is InChI=1S/C13H14F2N2O4/c1-6-2-3-8(14)11(10(6)15)16-13(21)17-5-7(18)4-9(17)12(19)20/h2-3,7,9,18H,4-5H2,1H3,(H,16,21)(H,19,20). The molecular weight excluding hydrogens is 286 g/mol. The van der Waals surface area contributed by atoms with Crippen LogP contribution in [0.25, 0.3) is 0 Å². The molecule has 21 heavy (non-hydrogen) atoms. The normalized spacial score (nSPS) is 21.4. The fourth-order valence-corrected chi connectivity index (χ4v) is 2.22. The number of rotatable bonds is 2. The molecule has 1 aliphatic rings. The van der Waals surface area contributed by atoms with Crippen molar-refractivity contribution in [2.24, 2.45) is 0 Å². The van der Waals surface area contributed by atoms with Crippen molar-refractivity contribution >= 4 is 17.7 Å². The van der Waals surface area contributed by atoms with E-state index in [1.54, 1.807) is 0 Å². The molecule has 2 amide bonds. The van der Waals surface area contributed by atoms with E-state index in [1.165, 1.54) is 13.0 Å². The SMILES string of the molecule is Cc1ccc(F)c(NC(=O)N2CC(O)CC2C(=O)O)c1F. The summed E-state index contributed by atoms with van der Waals surface area (Å²) < 4.78 is 27.4. The molecule has 3 N–H and O–H groups in total. The van der Waals surface area contributed by atoms with Gasteiger partial charge in [-0.15, -0.1) is 0 Å². The number of amides is 2. The Labute approximate surface area is 119 Å². The summed E-state index contributed by atoms with van der Waals surface area (Å²) >= 11 is 0. The van der Waals surface area contributed by atoms with Crippen LogP contribution in [0.1, 0.15) is 12.0 Å². The van der Waals surface area contributed by atoms with Crippen LogP contribution in [0.4, 0.5) is 19.3 Å². The van der Waals surface area contributed by atoms with Crippen molar-refractivity contribution in [3.05, 3.63) is 29.3 Å². The summed E-state index contributed by atoms with van der Waals surface area (Å²) in [4.78, 5) is 23.9. The maximum atomic E-state index is 13.8. The minimum absolute atomic E-state index is 0.123. The van der Waals surface area contributed by atoms with Crippen LogP contribution in [0, 0.1) is 18.6 Å². The third kappa shape index (κ3) is 2.94. The number of β-amino-alcohol motifs (C(OH)–C–C–N with tert-alkyl or cyclic N) is 1. The number of halogens is 2. The monoisotopic (exact) mass is 300 g/mol. The van der Waals surface area contributed by atoms with E-state index in [1.807, 2.05) is 5.32 Å². The fraction of sp³-hybridized carbons (Fsp3) is 0.385. The highest BCUT2D eigenvalue weighted by molar-refractivity contribution is 5.93. The Bertz CT molecular complexity index is 594. The number of likely N-dealkylation sites (tertiary alicyclic amines) is 1. The van der Waals surface area contributed by atoms with Gasteiger partial charge in [0, 0.05) is 13.0 Å². The molecule has 6 nitrogen and oxygen atoms in total. The van der Waals surface area contributed by atoms with Crippen molar-refractivity contribution in [3.63, 3.8) is 0 Å². The number of carboxylic acid groups (broad SMARTS) is 1. The van der Waals surface area contributed by atoms with Gasteiger partial charge in [0.1, 0.15) is 17.5 Å². The van der Waals surface area contributed by atoms with Crippen molar-refractivity contribution in [1.82, 2.24) is 4.90 Å². The molecule has 0 radical (unpaired) electrons. The predicted octanol–water partition coefficient (Wildman–Crippen LogP) is 1.32. The van der Waals surface area contributed by atoms with Gasteiger partial charge >= 0.3 is 12.0 Å². The van der Waals surface area contributed by atoms with Gasteiger partial charge in [0.05, 0.1) is 6.10 Å². The van der Waals surface area contributed by atoms with Gasteiger partial charge in [-0.05, 0) is 18.6 Å². The van der Waals surface area contributed by atoms with Gasteiger partial charge in [0.2, 0.25) is 0 Å². The first-order valence-electron chi connectivity index (χ1n) is 6.24. The lowest BCUT2D eigenvalue weighted by molar-refractivity contribution is -0.141. The summed E-state index contributed by atoms with van der Waals surface area (Å²) in [6.45, 7) is 1.20. The van der Waals surface area contributed by atoms with Crippen molar-refractivity contribution in [1.29, 1.82) is 0 Å². The summed E-state index contributed by atoms with van der Waals surface area (Å²) in [6.07, 6.45) is -1.11. The van der Waals surface area contributed by atoms with Crippen molar-refractivity contribution in [2.75, 3.05) is 11.9 Å². The average Bonchev–Trinajstić information content (AvgIpc) is 2.81. The average molecular weight is 300 g/mol. The zero-order valence-electron chi connectivity index (χ0n) is 11.1. The van der Waals surface area contributed by atoms with Crippen LogP contribution >= 0.6 is 0 Å². The number of hydrogen-bond donors (Lipinski definition) is 3. The van der Waals surface area contributed by atoms with Crippen LogP contribution in [0.15, 0.2) is 12.1 Å². The molecule has 1 saturated heterocycles. The number of anilines is 1. The topological polar surface area (TPSA) is 89.9 Å². The fourth-order valence-electron chi connectivity index (χ4n) is 2.22. The van der Waals surface area contributed by atoms with E-state index in [4.69, 9.17) is 5.11 Å². The largest absolute Gasteiger partial charge is 0.480 e. The summed E-state index contributed by atoms with van der Waals surface area (Å²) in [6, 6.07) is 0.0277. The number of carboxylic acids is 1. The summed E-state index contributed by atoms with van der Waals surface area (Å²) in [5.41, 5.74) is -0.492. The molecule has 2 atom stereocenters. The van der Waals surface area contributed by atoms with Crippen LogP contribution in [0.3, 0.4) is 0 Å². The number of urea groups is 1. The molecule has 8 heteroatoms. The molecule has 2 unspecified atom stereocenters. The molecule has 2 rings (SSSR count). The number of carbonyl (C=O) groups is 2. The van der Waals surface area contributed by atoms with Gasteiger partial charge < -0.3 is 20.4 Å². The summed E-state index contributed by atoms with van der Waals surface area (Å²) in [5.74, 6) is -3.17. The smallest absolute Gasteiger partial charge is 0.326 e. The van der Waals surface area contributed by atoms with Crippen molar-refractivity contribution < 1.29 is 28.6 Å². The lowest BCUT2D eigenvalue weighted by Gasteiger charge is -2.22. The zero-order chi connectivity index (χ0) is 15.7. The Morgan fingerprint density at radius 1 is 1.38 bits per heavy atom. The van der Waals surface area contributed by atoms with E-state index < -0.39 is 41.5 Å². The molecule has 0 aromatic heterocycles. The van der Waals surface area contributed by atoms with Crippen LogP contribution in [0.2, 0.25) is 0 Å². The van der Waals surface area contributed by atoms with Gasteiger partial charge in [0.25, 0.3) is 0 Å². The number of hydrogen-bond acceptors (Lipinski definition) is 3. The van der Waals surface area contributed by atoms with E-state index >= 15 is 0 Å². The number of nitrogens with zero attached hydrogens (tertiary/aromatic N) is 1. The molecule has 1 aliphatic heterocycles. The quantitative estimate of drug-likeness (QED) is 0.768. The number of aryl methyl sites for hydroxylation is 1. The van der Waals surface area contributed by atoms with Crippen molar-refractivity contribution in [2.45, 2.75) is 25.5 Å². The third-order valence-corrected chi connectivity index (χ3v) is 3.34. The Morgan fingerprint density at radius 3 is 2.67 bits per heavy atom. The molecule has 0 spiro atoms. The van der Waals surface area contributed by atoms with Gasteiger partial charge in [-0.3, -0.25) is 0 Å². The van der Waals surface area contributed by atoms with E-state index in [0.29, 0.717) is 0 Å². The Hall–Kier alpha value is -2.22. The molecule has 1 aromatic rings. The van der Waals surface area contributed by atoms with Gasteiger partial charge in [-0.2, -0.15) is 0 Å². The maximum Gasteiger partial charge on any atom is 0.326 e. The third-order valence-electron chi connectivity index (χ3n) is 3.34. The number of nitrogens with one attached hydrogen (secondary N) is 1. The number of aliphatic hydroxyl groups is 1. The first-order valence-corrected chi connectivity index (χ1v) is 6.24. The minimum atomic E-state index is -1.29. The van der Waals surface area contributed by atoms with Gasteiger partial charge in [-0.1, -0.05) is 6.07 Å². The molecule has 1 aromatic carbocycles. The number of aliphatic carboxylic acids is 1. The van der Waals surface area contributed by atoms with Crippen LogP contribution < -0.4 is 5.32 Å². The van der Waals surface area contributed by atoms with E-state index in [0.717, 1.165) is 11.0 Å². The minimum Gasteiger partial charge on any atom is -0.480 e. The van der Waals surface area contributed by atoms with Crippen LogP contribution in [-0.2, 0) is 4.79 Å². The second kappa shape index (κ2) is 5.65. The first kappa shape index (κ1) is 15.2. The lowest BCUT2D eigenvalue weighted by atomic mass is 10.2. The van der Waals surface area contributed by atoms with E-state index in [-0.39, 0.29) is 18.5 Å². The highest BCUT2D eigenvalue weighted by atomic mass is 19.1. The molecule has 0 saturated carbocycles. The highest BCUT2D eigenvalue weighted by Crippen LogP contribution is 2.24.